The minimum atomic E-state index is -0.140. The molecule has 1 aromatic rings. The molecule has 0 aliphatic heterocycles. The average Bonchev–Trinajstić information content (AvgIpc) is 2.23. The number of carbonyl (C=O) groups is 1. The molecule has 84 valence electrons. The maximum Gasteiger partial charge on any atom is 0.253 e. The van der Waals surface area contributed by atoms with Crippen LogP contribution in [0.5, 0.6) is 0 Å². The van der Waals surface area contributed by atoms with Gasteiger partial charge in [0, 0.05) is 28.7 Å². The highest BCUT2D eigenvalue weighted by Crippen LogP contribution is 2.20. The summed E-state index contributed by atoms with van der Waals surface area (Å²) in [6, 6.07) is 7.03. The summed E-state index contributed by atoms with van der Waals surface area (Å²) in [6.45, 7) is 0.416. The second-order valence-electron chi connectivity index (χ2n) is 3.29. The van der Waals surface area contributed by atoms with Gasteiger partial charge in [0.25, 0.3) is 5.91 Å². The maximum atomic E-state index is 11.9. The van der Waals surface area contributed by atoms with Gasteiger partial charge in [-0.05, 0) is 18.2 Å². The quantitative estimate of drug-likeness (QED) is 0.861. The summed E-state index contributed by atoms with van der Waals surface area (Å²) in [7, 11) is 1.66. The second-order valence-corrected chi connectivity index (χ2v) is 4.65. The van der Waals surface area contributed by atoms with Gasteiger partial charge in [-0.1, -0.05) is 27.5 Å². The molecule has 0 saturated carbocycles. The maximum absolute atomic E-state index is 11.9. The first kappa shape index (κ1) is 13.0. The van der Waals surface area contributed by atoms with E-state index in [1.807, 2.05) is 6.07 Å². The number of nitrogens with zero attached hydrogens (tertiary/aromatic N) is 2. The van der Waals surface area contributed by atoms with E-state index in [0.29, 0.717) is 23.6 Å². The van der Waals surface area contributed by atoms with Crippen molar-refractivity contribution in [2.45, 2.75) is 6.42 Å². The zero-order chi connectivity index (χ0) is 12.1. The van der Waals surface area contributed by atoms with Crippen molar-refractivity contribution in [2.75, 3.05) is 13.6 Å². The second kappa shape index (κ2) is 5.88. The number of hydrogen-bond acceptors (Lipinski definition) is 2. The Kier molecular flexibility index (Phi) is 4.78. The van der Waals surface area contributed by atoms with Crippen LogP contribution < -0.4 is 0 Å². The molecule has 0 aromatic heterocycles. The Morgan fingerprint density at radius 1 is 1.56 bits per heavy atom. The van der Waals surface area contributed by atoms with Crippen molar-refractivity contribution in [1.82, 2.24) is 4.90 Å². The molecular formula is C11H10BrClN2O. The van der Waals surface area contributed by atoms with Gasteiger partial charge in [-0.25, -0.2) is 0 Å². The Morgan fingerprint density at radius 2 is 2.25 bits per heavy atom. The van der Waals surface area contributed by atoms with Gasteiger partial charge in [-0.3, -0.25) is 4.79 Å². The summed E-state index contributed by atoms with van der Waals surface area (Å²) in [5.41, 5.74) is 0.514. The third-order valence-electron chi connectivity index (χ3n) is 2.02. The molecule has 0 fully saturated rings. The van der Waals surface area contributed by atoms with E-state index in [-0.39, 0.29) is 5.91 Å². The minimum absolute atomic E-state index is 0.140. The SMILES string of the molecule is CN(CCC#N)C(=O)c1cc(Cl)cc(Br)c1. The van der Waals surface area contributed by atoms with Gasteiger partial charge >= 0.3 is 0 Å². The first-order valence-corrected chi connectivity index (χ1v) is 5.80. The van der Waals surface area contributed by atoms with Crippen molar-refractivity contribution >= 4 is 33.4 Å². The molecule has 0 radical (unpaired) electrons. The highest BCUT2D eigenvalue weighted by molar-refractivity contribution is 9.10. The van der Waals surface area contributed by atoms with Crippen LogP contribution in [0.1, 0.15) is 16.8 Å². The van der Waals surface area contributed by atoms with E-state index in [2.05, 4.69) is 15.9 Å². The van der Waals surface area contributed by atoms with Crippen LogP contribution in [0.15, 0.2) is 22.7 Å². The fourth-order valence-corrected chi connectivity index (χ4v) is 2.08. The predicted octanol–water partition coefficient (Wildman–Crippen LogP) is 3.09. The average molecular weight is 302 g/mol. The highest BCUT2D eigenvalue weighted by atomic mass is 79.9. The first-order valence-electron chi connectivity index (χ1n) is 4.63. The summed E-state index contributed by atoms with van der Waals surface area (Å²) < 4.78 is 0.761. The summed E-state index contributed by atoms with van der Waals surface area (Å²) in [4.78, 5) is 13.4. The number of benzene rings is 1. The number of nitriles is 1. The first-order chi connectivity index (χ1) is 7.54. The molecule has 3 nitrogen and oxygen atoms in total. The van der Waals surface area contributed by atoms with Gasteiger partial charge in [0.2, 0.25) is 0 Å². The largest absolute Gasteiger partial charge is 0.341 e. The molecule has 0 atom stereocenters. The van der Waals surface area contributed by atoms with Crippen LogP contribution >= 0.6 is 27.5 Å². The Labute approximate surface area is 108 Å². The van der Waals surface area contributed by atoms with Crippen molar-refractivity contribution in [3.63, 3.8) is 0 Å². The van der Waals surface area contributed by atoms with Crippen LogP contribution in [-0.4, -0.2) is 24.4 Å². The minimum Gasteiger partial charge on any atom is -0.341 e. The molecule has 0 aliphatic carbocycles. The molecular weight excluding hydrogens is 291 g/mol. The smallest absolute Gasteiger partial charge is 0.253 e. The monoisotopic (exact) mass is 300 g/mol. The van der Waals surface area contributed by atoms with Crippen molar-refractivity contribution in [1.29, 1.82) is 5.26 Å². The summed E-state index contributed by atoms with van der Waals surface area (Å²) in [5.74, 6) is -0.140. The molecule has 1 amide bonds. The standard InChI is InChI=1S/C11H10BrClN2O/c1-15(4-2-3-14)11(16)8-5-9(12)7-10(13)6-8/h5-7H,2,4H2,1H3. The Morgan fingerprint density at radius 3 is 2.81 bits per heavy atom. The van der Waals surface area contributed by atoms with E-state index < -0.39 is 0 Å². The lowest BCUT2D eigenvalue weighted by molar-refractivity contribution is 0.0798. The lowest BCUT2D eigenvalue weighted by Crippen LogP contribution is -2.27. The van der Waals surface area contributed by atoms with E-state index in [4.69, 9.17) is 16.9 Å². The van der Waals surface area contributed by atoms with Gasteiger partial charge < -0.3 is 4.90 Å². The van der Waals surface area contributed by atoms with E-state index in [1.165, 1.54) is 4.90 Å². The van der Waals surface area contributed by atoms with Crippen LogP contribution in [0.3, 0.4) is 0 Å². The number of halogens is 2. The van der Waals surface area contributed by atoms with Crippen molar-refractivity contribution in [3.8, 4) is 6.07 Å². The third-order valence-corrected chi connectivity index (χ3v) is 2.69. The van der Waals surface area contributed by atoms with Crippen LogP contribution in [0.2, 0.25) is 5.02 Å². The number of rotatable bonds is 3. The fourth-order valence-electron chi connectivity index (χ4n) is 1.22. The Bertz CT molecular complexity index is 422. The third kappa shape index (κ3) is 3.51. The molecule has 5 heteroatoms. The van der Waals surface area contributed by atoms with Gasteiger partial charge in [-0.2, -0.15) is 5.26 Å². The van der Waals surface area contributed by atoms with Crippen molar-refractivity contribution in [3.05, 3.63) is 33.3 Å². The van der Waals surface area contributed by atoms with Gasteiger partial charge in [0.15, 0.2) is 0 Å². The predicted molar refractivity (Wildman–Crippen MR) is 66.3 cm³/mol. The van der Waals surface area contributed by atoms with Crippen LogP contribution in [0.4, 0.5) is 0 Å². The molecule has 0 aliphatic rings. The molecule has 0 spiro atoms. The molecule has 0 bridgehead atoms. The zero-order valence-corrected chi connectivity index (χ0v) is 11.0. The zero-order valence-electron chi connectivity index (χ0n) is 8.70. The summed E-state index contributed by atoms with van der Waals surface area (Å²) >= 11 is 9.13. The molecule has 0 unspecified atom stereocenters. The number of amides is 1. The summed E-state index contributed by atoms with van der Waals surface area (Å²) in [6.07, 6.45) is 0.323. The topological polar surface area (TPSA) is 44.1 Å². The lowest BCUT2D eigenvalue weighted by atomic mass is 10.2. The molecule has 0 saturated heterocycles. The molecule has 1 aromatic carbocycles. The molecule has 1 rings (SSSR count). The van der Waals surface area contributed by atoms with Crippen LogP contribution in [-0.2, 0) is 0 Å². The van der Waals surface area contributed by atoms with E-state index in [9.17, 15) is 4.79 Å². The van der Waals surface area contributed by atoms with Gasteiger partial charge in [-0.15, -0.1) is 0 Å². The van der Waals surface area contributed by atoms with E-state index in [0.717, 1.165) is 4.47 Å². The van der Waals surface area contributed by atoms with Gasteiger partial charge in [0.05, 0.1) is 12.5 Å². The molecule has 0 N–H and O–H groups in total. The van der Waals surface area contributed by atoms with Crippen LogP contribution in [0.25, 0.3) is 0 Å². The lowest BCUT2D eigenvalue weighted by Gasteiger charge is -2.15. The van der Waals surface area contributed by atoms with Gasteiger partial charge in [0.1, 0.15) is 0 Å². The Balaban J connectivity index is 2.84. The van der Waals surface area contributed by atoms with Crippen molar-refractivity contribution < 1.29 is 4.79 Å². The van der Waals surface area contributed by atoms with E-state index in [1.54, 1.807) is 25.2 Å². The summed E-state index contributed by atoms with van der Waals surface area (Å²) in [5, 5.41) is 8.95. The number of hydrogen-bond donors (Lipinski definition) is 0. The van der Waals surface area contributed by atoms with Crippen LogP contribution in [0, 0.1) is 11.3 Å². The van der Waals surface area contributed by atoms with Crippen molar-refractivity contribution in [2.24, 2.45) is 0 Å². The Hall–Kier alpha value is -1.05. The fraction of sp³-hybridized carbons (Fsp3) is 0.273. The van der Waals surface area contributed by atoms with E-state index >= 15 is 0 Å². The number of carbonyl (C=O) groups excluding carboxylic acids is 1. The molecule has 16 heavy (non-hydrogen) atoms. The highest BCUT2D eigenvalue weighted by Gasteiger charge is 2.12. The normalized spacial score (nSPS) is 9.62. The molecule has 0 heterocycles.